The third kappa shape index (κ3) is 3.24. The molecule has 4 rings (SSSR count). The van der Waals surface area contributed by atoms with E-state index in [0.29, 0.717) is 13.2 Å². The monoisotopic (exact) mass is 414 g/mol. The molecule has 0 aliphatic carbocycles. The molecule has 0 N–H and O–H groups in total. The van der Waals surface area contributed by atoms with Crippen molar-refractivity contribution in [2.75, 3.05) is 13.2 Å². The highest BCUT2D eigenvalue weighted by molar-refractivity contribution is 9.10. The van der Waals surface area contributed by atoms with Crippen LogP contribution < -0.4 is 4.74 Å². The second kappa shape index (κ2) is 7.56. The molecule has 0 amide bonds. The maximum absolute atomic E-state index is 6.10. The van der Waals surface area contributed by atoms with Gasteiger partial charge in [-0.1, -0.05) is 18.2 Å². The van der Waals surface area contributed by atoms with Gasteiger partial charge in [-0.3, -0.25) is 0 Å². The van der Waals surface area contributed by atoms with Crippen molar-refractivity contribution in [2.24, 2.45) is 0 Å². The van der Waals surface area contributed by atoms with Crippen LogP contribution in [0.1, 0.15) is 18.1 Å². The zero-order valence-corrected chi connectivity index (χ0v) is 16.0. The fourth-order valence-electron chi connectivity index (χ4n) is 3.08. The number of benzene rings is 2. The predicted octanol–water partition coefficient (Wildman–Crippen LogP) is 6.10. The summed E-state index contributed by atoms with van der Waals surface area (Å²) in [6.45, 7) is 3.86. The van der Waals surface area contributed by atoms with Gasteiger partial charge in [0.25, 0.3) is 0 Å². The first-order chi connectivity index (χ1) is 12.8. The third-order valence-electron chi connectivity index (χ3n) is 4.38. The average Bonchev–Trinajstić information content (AvgIpc) is 3.28. The molecule has 0 atom stereocenters. The smallest absolute Gasteiger partial charge is 0.151 e. The number of ether oxygens (including phenoxy) is 2. The largest absolute Gasteiger partial charge is 0.488 e. The van der Waals surface area contributed by atoms with Gasteiger partial charge in [-0.15, -0.1) is 0 Å². The van der Waals surface area contributed by atoms with E-state index < -0.39 is 0 Å². The van der Waals surface area contributed by atoms with E-state index in [1.165, 1.54) is 0 Å². The van der Waals surface area contributed by atoms with Crippen LogP contribution in [0.15, 0.2) is 62.2 Å². The number of hydrogen-bond donors (Lipinski definition) is 0. The number of hydrogen-bond acceptors (Lipinski definition) is 4. The summed E-state index contributed by atoms with van der Waals surface area (Å²) in [4.78, 5) is 0. The Balaban J connectivity index is 1.58. The summed E-state index contributed by atoms with van der Waals surface area (Å²) in [7, 11) is 0. The maximum Gasteiger partial charge on any atom is 0.151 e. The normalized spacial score (nSPS) is 11.5. The van der Waals surface area contributed by atoms with Crippen LogP contribution in [0.25, 0.3) is 21.9 Å². The Kier molecular flexibility index (Phi) is 5.00. The van der Waals surface area contributed by atoms with Crippen LogP contribution in [0.3, 0.4) is 0 Å². The molecule has 0 radical (unpaired) electrons. The minimum absolute atomic E-state index is 0.439. The molecule has 4 aromatic rings. The third-order valence-corrected chi connectivity index (χ3v) is 4.97. The summed E-state index contributed by atoms with van der Waals surface area (Å²) in [5, 5.41) is 1.98. The quantitative estimate of drug-likeness (QED) is 0.342. The van der Waals surface area contributed by atoms with Crippen molar-refractivity contribution in [3.8, 4) is 5.75 Å². The van der Waals surface area contributed by atoms with Crippen molar-refractivity contribution >= 4 is 37.9 Å². The minimum atomic E-state index is 0.439. The molecule has 0 aliphatic rings. The van der Waals surface area contributed by atoms with E-state index in [1.807, 2.05) is 37.3 Å². The van der Waals surface area contributed by atoms with Gasteiger partial charge in [0.2, 0.25) is 0 Å². The summed E-state index contributed by atoms with van der Waals surface area (Å²) in [6.07, 6.45) is 4.26. The summed E-state index contributed by atoms with van der Waals surface area (Å²) >= 11 is 3.57. The van der Waals surface area contributed by atoms with E-state index in [9.17, 15) is 0 Å². The number of para-hydroxylation sites is 1. The van der Waals surface area contributed by atoms with Gasteiger partial charge in [-0.2, -0.15) is 0 Å². The Bertz CT molecular complexity index is 1030. The lowest BCUT2D eigenvalue weighted by atomic mass is 10.1. The average molecular weight is 415 g/mol. The van der Waals surface area contributed by atoms with Gasteiger partial charge in [-0.25, -0.2) is 0 Å². The molecule has 0 aliphatic heterocycles. The van der Waals surface area contributed by atoms with Crippen molar-refractivity contribution in [3.05, 3.63) is 64.5 Å². The molecule has 0 saturated carbocycles. The molecule has 0 saturated heterocycles. The summed E-state index contributed by atoms with van der Waals surface area (Å²) in [5.41, 5.74) is 3.76. The van der Waals surface area contributed by atoms with Crippen molar-refractivity contribution in [1.82, 2.24) is 0 Å². The van der Waals surface area contributed by atoms with Crippen molar-refractivity contribution in [2.45, 2.75) is 20.0 Å². The first kappa shape index (κ1) is 17.2. The summed E-state index contributed by atoms with van der Waals surface area (Å²) in [5.74, 6) is 0.880. The van der Waals surface area contributed by atoms with E-state index in [0.717, 1.165) is 56.3 Å². The molecular weight excluding hydrogens is 396 g/mol. The lowest BCUT2D eigenvalue weighted by Gasteiger charge is -2.11. The Labute approximate surface area is 159 Å². The van der Waals surface area contributed by atoms with E-state index in [1.54, 1.807) is 12.5 Å². The SMILES string of the molecule is CCOCCc1ccccc1OCc1coc2c1cc(Br)c1occc12. The van der Waals surface area contributed by atoms with Gasteiger partial charge in [0.05, 0.1) is 29.0 Å². The molecule has 4 nitrogen and oxygen atoms in total. The standard InChI is InChI=1S/C21H19BrO4/c1-2-23-9-7-14-5-3-4-6-19(14)25-12-15-13-26-20-16-8-10-24-21(16)18(22)11-17(15)20/h3-6,8,10-11,13H,2,7,9,12H2,1H3. The van der Waals surface area contributed by atoms with Crippen LogP contribution in [0, 0.1) is 0 Å². The van der Waals surface area contributed by atoms with E-state index in [2.05, 4.69) is 22.0 Å². The molecule has 0 unspecified atom stereocenters. The minimum Gasteiger partial charge on any atom is -0.488 e. The van der Waals surface area contributed by atoms with Gasteiger partial charge < -0.3 is 18.3 Å². The fraction of sp³-hybridized carbons (Fsp3) is 0.238. The number of fused-ring (bicyclic) bond motifs is 3. The van der Waals surface area contributed by atoms with E-state index in [4.69, 9.17) is 18.3 Å². The second-order valence-corrected chi connectivity index (χ2v) is 6.86. The van der Waals surface area contributed by atoms with Crippen LogP contribution in [0.2, 0.25) is 0 Å². The van der Waals surface area contributed by atoms with Crippen LogP contribution in [0.4, 0.5) is 0 Å². The molecule has 0 bridgehead atoms. The Morgan fingerprint density at radius 1 is 1.00 bits per heavy atom. The summed E-state index contributed by atoms with van der Waals surface area (Å²) < 4.78 is 23.8. The van der Waals surface area contributed by atoms with Crippen molar-refractivity contribution in [1.29, 1.82) is 0 Å². The number of furan rings is 2. The molecule has 26 heavy (non-hydrogen) atoms. The van der Waals surface area contributed by atoms with Crippen LogP contribution in [0.5, 0.6) is 5.75 Å². The van der Waals surface area contributed by atoms with E-state index in [-0.39, 0.29) is 0 Å². The Hall–Kier alpha value is -2.24. The molecule has 2 aromatic carbocycles. The van der Waals surface area contributed by atoms with Gasteiger partial charge >= 0.3 is 0 Å². The Morgan fingerprint density at radius 3 is 2.77 bits per heavy atom. The second-order valence-electron chi connectivity index (χ2n) is 6.00. The lowest BCUT2D eigenvalue weighted by molar-refractivity contribution is 0.150. The maximum atomic E-state index is 6.10. The summed E-state index contributed by atoms with van der Waals surface area (Å²) in [6, 6.07) is 12.0. The first-order valence-electron chi connectivity index (χ1n) is 8.62. The predicted molar refractivity (Wildman–Crippen MR) is 105 cm³/mol. The highest BCUT2D eigenvalue weighted by Gasteiger charge is 2.15. The molecule has 0 fully saturated rings. The zero-order valence-electron chi connectivity index (χ0n) is 14.5. The molecular formula is C21H19BrO4. The van der Waals surface area contributed by atoms with Gasteiger partial charge in [-0.05, 0) is 53.0 Å². The first-order valence-corrected chi connectivity index (χ1v) is 9.41. The van der Waals surface area contributed by atoms with Crippen LogP contribution >= 0.6 is 15.9 Å². The van der Waals surface area contributed by atoms with Gasteiger partial charge in [0.15, 0.2) is 5.58 Å². The number of rotatable bonds is 7. The molecule has 134 valence electrons. The molecule has 0 spiro atoms. The zero-order chi connectivity index (χ0) is 17.9. The topological polar surface area (TPSA) is 44.7 Å². The molecule has 5 heteroatoms. The lowest BCUT2D eigenvalue weighted by Crippen LogP contribution is -2.02. The highest BCUT2D eigenvalue weighted by Crippen LogP contribution is 2.35. The molecule has 2 heterocycles. The van der Waals surface area contributed by atoms with Gasteiger partial charge in [0.1, 0.15) is 17.9 Å². The number of halogens is 1. The van der Waals surface area contributed by atoms with Crippen molar-refractivity contribution in [3.63, 3.8) is 0 Å². The fourth-order valence-corrected chi connectivity index (χ4v) is 3.62. The highest BCUT2D eigenvalue weighted by atomic mass is 79.9. The Morgan fingerprint density at radius 2 is 1.88 bits per heavy atom. The van der Waals surface area contributed by atoms with Crippen LogP contribution in [-0.4, -0.2) is 13.2 Å². The van der Waals surface area contributed by atoms with E-state index >= 15 is 0 Å². The van der Waals surface area contributed by atoms with Crippen molar-refractivity contribution < 1.29 is 18.3 Å². The van der Waals surface area contributed by atoms with Gasteiger partial charge in [0, 0.05) is 17.6 Å². The van der Waals surface area contributed by atoms with Crippen LogP contribution in [-0.2, 0) is 17.8 Å². The molecule has 2 aromatic heterocycles.